The van der Waals surface area contributed by atoms with E-state index in [1.54, 1.807) is 0 Å². The number of aryl methyl sites for hydroxylation is 1. The molecule has 0 fully saturated rings. The first kappa shape index (κ1) is 31.5. The summed E-state index contributed by atoms with van der Waals surface area (Å²) in [7, 11) is 0. The Morgan fingerprint density at radius 2 is 1.08 bits per heavy atom. The molecule has 0 spiro atoms. The average Bonchev–Trinajstić information content (AvgIpc) is 3.21. The second kappa shape index (κ2) is 13.4. The molecule has 1 nitrogen and oxygen atoms in total. The largest absolute Gasteiger partial charge is 0.310 e. The highest BCUT2D eigenvalue weighted by atomic mass is 15.1. The highest BCUT2D eigenvalue weighted by Crippen LogP contribution is 2.39. The van der Waals surface area contributed by atoms with Crippen LogP contribution < -0.4 is 15.3 Å². The third-order valence-corrected chi connectivity index (χ3v) is 10.5. The average molecular weight is 666 g/mol. The molecule has 0 atom stereocenters. The second-order valence-electron chi connectivity index (χ2n) is 13.7. The van der Waals surface area contributed by atoms with E-state index < -0.39 is 0 Å². The van der Waals surface area contributed by atoms with E-state index >= 15 is 0 Å². The molecule has 0 radical (unpaired) electrons. The third-order valence-electron chi connectivity index (χ3n) is 10.5. The van der Waals surface area contributed by atoms with Crippen molar-refractivity contribution < 1.29 is 0 Å². The Morgan fingerprint density at radius 3 is 1.81 bits per heavy atom. The fraction of sp³-hybridized carbons (Fsp3) is 0.0588. The zero-order valence-corrected chi connectivity index (χ0v) is 29.4. The standard InChI is InChI=1S/C51H39N/c1-35-15-9-14-24-49(35)52(36(2)37-16-5-3-6-17-37)44-30-27-39(28-31-44)42-29-32-47-48(34-42)50(40-19-7-4-8-20-40)45-22-12-13-23-46(45)51(47)43-26-25-38-18-10-11-21-41(38)33-43/h3-11,14-34H,2,12-13H2,1H3. The van der Waals surface area contributed by atoms with Gasteiger partial charge in [-0.2, -0.15) is 0 Å². The van der Waals surface area contributed by atoms with Gasteiger partial charge in [-0.3, -0.25) is 0 Å². The van der Waals surface area contributed by atoms with Crippen LogP contribution >= 0.6 is 0 Å². The van der Waals surface area contributed by atoms with Gasteiger partial charge in [-0.05, 0) is 127 Å². The molecule has 52 heavy (non-hydrogen) atoms. The van der Waals surface area contributed by atoms with Crippen molar-refractivity contribution in [2.24, 2.45) is 0 Å². The molecule has 1 aliphatic carbocycles. The third kappa shape index (κ3) is 5.61. The molecule has 0 N–H and O–H groups in total. The van der Waals surface area contributed by atoms with E-state index in [2.05, 4.69) is 194 Å². The quantitative estimate of drug-likeness (QED) is 0.164. The van der Waals surface area contributed by atoms with E-state index in [1.807, 2.05) is 6.07 Å². The van der Waals surface area contributed by atoms with Gasteiger partial charge in [0.05, 0.1) is 0 Å². The zero-order chi connectivity index (χ0) is 35.0. The SMILES string of the molecule is C=C(c1ccccc1)N(c1ccc(-c2ccc3c(-c4ccc5ccccc5c4)c4c(c(-c5ccccc5)c3c2)=CCCC=4)cc1)c1ccccc1C. The molecule has 1 aliphatic rings. The van der Waals surface area contributed by atoms with Gasteiger partial charge in [-0.25, -0.2) is 0 Å². The molecular weight excluding hydrogens is 627 g/mol. The lowest BCUT2D eigenvalue weighted by Crippen LogP contribution is -2.31. The number of fused-ring (bicyclic) bond motifs is 3. The van der Waals surface area contributed by atoms with Gasteiger partial charge >= 0.3 is 0 Å². The number of benzene rings is 8. The van der Waals surface area contributed by atoms with Crippen molar-refractivity contribution >= 4 is 50.8 Å². The minimum absolute atomic E-state index is 0.944. The van der Waals surface area contributed by atoms with Gasteiger partial charge in [0.1, 0.15) is 0 Å². The molecule has 0 saturated carbocycles. The maximum atomic E-state index is 4.58. The second-order valence-corrected chi connectivity index (χ2v) is 13.7. The van der Waals surface area contributed by atoms with Crippen molar-refractivity contribution in [2.45, 2.75) is 19.8 Å². The van der Waals surface area contributed by atoms with Crippen molar-refractivity contribution in [3.8, 4) is 33.4 Å². The maximum absolute atomic E-state index is 4.58. The van der Waals surface area contributed by atoms with Crippen molar-refractivity contribution in [1.82, 2.24) is 0 Å². The fourth-order valence-corrected chi connectivity index (χ4v) is 7.98. The van der Waals surface area contributed by atoms with Gasteiger partial charge < -0.3 is 4.90 Å². The van der Waals surface area contributed by atoms with E-state index in [9.17, 15) is 0 Å². The summed E-state index contributed by atoms with van der Waals surface area (Å²) in [6, 6.07) is 61.6. The Kier molecular flexibility index (Phi) is 8.10. The number of para-hydroxylation sites is 1. The van der Waals surface area contributed by atoms with E-state index in [0.717, 1.165) is 35.5 Å². The Labute approximate surface area is 305 Å². The molecule has 0 unspecified atom stereocenters. The Morgan fingerprint density at radius 1 is 0.481 bits per heavy atom. The van der Waals surface area contributed by atoms with Crippen molar-refractivity contribution in [1.29, 1.82) is 0 Å². The molecule has 0 aromatic heterocycles. The predicted molar refractivity (Wildman–Crippen MR) is 224 cm³/mol. The summed E-state index contributed by atoms with van der Waals surface area (Å²) >= 11 is 0. The molecule has 9 rings (SSSR count). The first-order chi connectivity index (χ1) is 25.6. The summed E-state index contributed by atoms with van der Waals surface area (Å²) in [6.45, 7) is 6.74. The molecule has 1 heteroatoms. The normalized spacial score (nSPS) is 12.2. The van der Waals surface area contributed by atoms with Gasteiger partial charge in [-0.1, -0.05) is 158 Å². The van der Waals surface area contributed by atoms with Crippen molar-refractivity contribution in [2.75, 3.05) is 4.90 Å². The fourth-order valence-electron chi connectivity index (χ4n) is 7.98. The molecule has 0 heterocycles. The molecule has 0 saturated heterocycles. The predicted octanol–water partition coefficient (Wildman–Crippen LogP) is 12.5. The number of hydrogen-bond donors (Lipinski definition) is 0. The molecule has 0 amide bonds. The number of hydrogen-bond acceptors (Lipinski definition) is 1. The molecule has 0 bridgehead atoms. The van der Waals surface area contributed by atoms with Crippen LogP contribution in [0.2, 0.25) is 0 Å². The Balaban J connectivity index is 1.22. The maximum Gasteiger partial charge on any atom is 0.0490 e. The van der Waals surface area contributed by atoms with E-state index in [1.165, 1.54) is 70.9 Å². The van der Waals surface area contributed by atoms with Gasteiger partial charge in [0.25, 0.3) is 0 Å². The lowest BCUT2D eigenvalue weighted by atomic mass is 9.85. The van der Waals surface area contributed by atoms with Crippen molar-refractivity contribution in [3.05, 3.63) is 198 Å². The van der Waals surface area contributed by atoms with E-state index in [-0.39, 0.29) is 0 Å². The molecule has 8 aromatic rings. The number of nitrogens with zero attached hydrogens (tertiary/aromatic N) is 1. The topological polar surface area (TPSA) is 3.24 Å². The first-order valence-electron chi connectivity index (χ1n) is 18.2. The summed E-state index contributed by atoms with van der Waals surface area (Å²) < 4.78 is 0. The van der Waals surface area contributed by atoms with Crippen LogP contribution in [0.25, 0.3) is 72.8 Å². The van der Waals surface area contributed by atoms with Crippen LogP contribution in [0.1, 0.15) is 24.0 Å². The Hall–Kier alpha value is -6.44. The van der Waals surface area contributed by atoms with Crippen LogP contribution in [0.3, 0.4) is 0 Å². The lowest BCUT2D eigenvalue weighted by Gasteiger charge is -2.29. The van der Waals surface area contributed by atoms with Crippen LogP contribution in [0.15, 0.2) is 176 Å². The minimum atomic E-state index is 0.944. The molecule has 0 aliphatic heterocycles. The van der Waals surface area contributed by atoms with Gasteiger partial charge in [0.15, 0.2) is 0 Å². The van der Waals surface area contributed by atoms with Crippen LogP contribution in [-0.2, 0) is 0 Å². The van der Waals surface area contributed by atoms with Crippen LogP contribution in [0, 0.1) is 6.92 Å². The minimum Gasteiger partial charge on any atom is -0.310 e. The van der Waals surface area contributed by atoms with Gasteiger partial charge in [0, 0.05) is 17.1 Å². The number of anilines is 2. The summed E-state index contributed by atoms with van der Waals surface area (Å²) in [5, 5.41) is 7.78. The van der Waals surface area contributed by atoms with Crippen LogP contribution in [-0.4, -0.2) is 0 Å². The molecule has 248 valence electrons. The monoisotopic (exact) mass is 665 g/mol. The smallest absolute Gasteiger partial charge is 0.0490 e. The first-order valence-corrected chi connectivity index (χ1v) is 18.2. The molecular formula is C51H39N. The zero-order valence-electron chi connectivity index (χ0n) is 29.4. The summed E-state index contributed by atoms with van der Waals surface area (Å²) in [6.07, 6.45) is 7.01. The number of rotatable bonds is 7. The highest BCUT2D eigenvalue weighted by molar-refractivity contribution is 6.08. The van der Waals surface area contributed by atoms with Gasteiger partial charge in [-0.15, -0.1) is 0 Å². The molecule has 8 aromatic carbocycles. The van der Waals surface area contributed by atoms with Crippen LogP contribution in [0.4, 0.5) is 11.4 Å². The summed E-state index contributed by atoms with van der Waals surface area (Å²) in [4.78, 5) is 2.27. The van der Waals surface area contributed by atoms with E-state index in [0.29, 0.717) is 0 Å². The Bertz CT molecular complexity index is 2740. The lowest BCUT2D eigenvalue weighted by molar-refractivity contribution is 1.12. The van der Waals surface area contributed by atoms with Crippen LogP contribution in [0.5, 0.6) is 0 Å². The highest BCUT2D eigenvalue weighted by Gasteiger charge is 2.19. The van der Waals surface area contributed by atoms with Crippen molar-refractivity contribution in [3.63, 3.8) is 0 Å². The van der Waals surface area contributed by atoms with Gasteiger partial charge in [0.2, 0.25) is 0 Å². The summed E-state index contributed by atoms with van der Waals surface area (Å²) in [5.41, 5.74) is 13.0. The summed E-state index contributed by atoms with van der Waals surface area (Å²) in [5.74, 6) is 0. The van der Waals surface area contributed by atoms with E-state index in [4.69, 9.17) is 0 Å².